The van der Waals surface area contributed by atoms with E-state index in [2.05, 4.69) is 0 Å². The quantitative estimate of drug-likeness (QED) is 0.686. The maximum Gasteiger partial charge on any atom is 0.341 e. The van der Waals surface area contributed by atoms with Crippen molar-refractivity contribution in [2.24, 2.45) is 0 Å². The predicted octanol–water partition coefficient (Wildman–Crippen LogP) is 5.04. The van der Waals surface area contributed by atoms with Crippen LogP contribution in [0.15, 0.2) is 54.6 Å². The topological polar surface area (TPSA) is 46.5 Å². The van der Waals surface area contributed by atoms with E-state index >= 15 is 0 Å². The van der Waals surface area contributed by atoms with Crippen LogP contribution in [0.2, 0.25) is 5.02 Å². The van der Waals surface area contributed by atoms with Crippen molar-refractivity contribution in [2.45, 2.75) is 6.92 Å². The van der Waals surface area contributed by atoms with Gasteiger partial charge in [0, 0.05) is 10.4 Å². The summed E-state index contributed by atoms with van der Waals surface area (Å²) in [4.78, 5) is 12.2. The van der Waals surface area contributed by atoms with Gasteiger partial charge in [0.15, 0.2) is 0 Å². The highest BCUT2D eigenvalue weighted by Gasteiger charge is 2.19. The molecule has 0 aliphatic heterocycles. The van der Waals surface area contributed by atoms with Crippen molar-refractivity contribution in [1.29, 1.82) is 0 Å². The molecule has 1 N–H and O–H groups in total. The lowest BCUT2D eigenvalue weighted by Gasteiger charge is -2.13. The van der Waals surface area contributed by atoms with Gasteiger partial charge in [-0.05, 0) is 47.7 Å². The average Bonchev–Trinajstić information content (AvgIpc) is 2.56. The molecule has 0 saturated heterocycles. The summed E-state index contributed by atoms with van der Waals surface area (Å²) in [5, 5.41) is 12.4. The van der Waals surface area contributed by atoms with E-state index in [4.69, 9.17) is 16.3 Å². The van der Waals surface area contributed by atoms with Crippen LogP contribution in [0.4, 0.5) is 0 Å². The number of halogens is 1. The Hall–Kier alpha value is -2.52. The van der Waals surface area contributed by atoms with Gasteiger partial charge in [-0.2, -0.15) is 0 Å². The summed E-state index contributed by atoms with van der Waals surface area (Å²) in [6, 6.07) is 16.5. The smallest absolute Gasteiger partial charge is 0.341 e. The minimum absolute atomic E-state index is 0.0882. The second-order valence-corrected chi connectivity index (χ2v) is 5.53. The number of carbonyl (C=O) groups is 1. The van der Waals surface area contributed by atoms with Crippen molar-refractivity contribution in [3.8, 4) is 16.9 Å². The molecule has 3 aromatic carbocycles. The summed E-state index contributed by atoms with van der Waals surface area (Å²) >= 11 is 6.11. The van der Waals surface area contributed by atoms with Gasteiger partial charge in [-0.1, -0.05) is 41.9 Å². The monoisotopic (exact) mass is 326 g/mol. The molecule has 116 valence electrons. The third kappa shape index (κ3) is 2.88. The lowest BCUT2D eigenvalue weighted by atomic mass is 9.94. The SMILES string of the molecule is CCOC(=O)c1cc(-c2ccccc2)c2cc(Cl)ccc2c1O. The van der Waals surface area contributed by atoms with Gasteiger partial charge in [-0.25, -0.2) is 4.79 Å². The summed E-state index contributed by atoms with van der Waals surface area (Å²) in [6.45, 7) is 1.98. The fourth-order valence-corrected chi connectivity index (χ4v) is 2.77. The van der Waals surface area contributed by atoms with Crippen molar-refractivity contribution in [3.63, 3.8) is 0 Å². The molecule has 0 amide bonds. The first-order valence-electron chi connectivity index (χ1n) is 7.29. The average molecular weight is 327 g/mol. The molecule has 3 aromatic rings. The first kappa shape index (κ1) is 15.4. The van der Waals surface area contributed by atoms with Gasteiger partial charge in [-0.3, -0.25) is 0 Å². The van der Waals surface area contributed by atoms with E-state index in [1.165, 1.54) is 0 Å². The molecule has 3 rings (SSSR count). The van der Waals surface area contributed by atoms with Crippen LogP contribution in [-0.2, 0) is 4.74 Å². The number of benzene rings is 3. The van der Waals surface area contributed by atoms with Gasteiger partial charge < -0.3 is 9.84 Å². The van der Waals surface area contributed by atoms with Crippen LogP contribution in [0, 0.1) is 0 Å². The molecule has 4 heteroatoms. The van der Waals surface area contributed by atoms with Crippen LogP contribution in [0.25, 0.3) is 21.9 Å². The molecule has 0 heterocycles. The minimum atomic E-state index is -0.543. The van der Waals surface area contributed by atoms with Crippen molar-refractivity contribution >= 4 is 28.3 Å². The molecule has 0 aliphatic rings. The van der Waals surface area contributed by atoms with Gasteiger partial charge in [0.1, 0.15) is 11.3 Å². The Balaban J connectivity index is 2.34. The summed E-state index contributed by atoms with van der Waals surface area (Å²) in [5.74, 6) is -0.631. The van der Waals surface area contributed by atoms with Crippen LogP contribution in [-0.4, -0.2) is 17.7 Å². The zero-order chi connectivity index (χ0) is 16.4. The molecule has 0 bridgehead atoms. The molecular formula is C19H15ClO3. The predicted molar refractivity (Wildman–Crippen MR) is 92.0 cm³/mol. The molecule has 0 unspecified atom stereocenters. The second kappa shape index (κ2) is 6.31. The number of carbonyl (C=O) groups excluding carboxylic acids is 1. The van der Waals surface area contributed by atoms with E-state index in [1.807, 2.05) is 30.3 Å². The first-order chi connectivity index (χ1) is 11.1. The number of aromatic hydroxyl groups is 1. The zero-order valence-corrected chi connectivity index (χ0v) is 13.3. The second-order valence-electron chi connectivity index (χ2n) is 5.10. The van der Waals surface area contributed by atoms with E-state index in [9.17, 15) is 9.90 Å². The number of rotatable bonds is 3. The number of hydrogen-bond donors (Lipinski definition) is 1. The lowest BCUT2D eigenvalue weighted by molar-refractivity contribution is 0.0523. The summed E-state index contributed by atoms with van der Waals surface area (Å²) in [5.41, 5.74) is 1.91. The number of ether oxygens (including phenoxy) is 1. The molecule has 0 saturated carbocycles. The normalized spacial score (nSPS) is 10.7. The Morgan fingerprint density at radius 3 is 2.52 bits per heavy atom. The maximum absolute atomic E-state index is 12.2. The van der Waals surface area contributed by atoms with Gasteiger partial charge >= 0.3 is 5.97 Å². The molecular weight excluding hydrogens is 312 g/mol. The fraction of sp³-hybridized carbons (Fsp3) is 0.105. The van der Waals surface area contributed by atoms with Crippen molar-refractivity contribution in [1.82, 2.24) is 0 Å². The van der Waals surface area contributed by atoms with Crippen LogP contribution in [0.1, 0.15) is 17.3 Å². The first-order valence-corrected chi connectivity index (χ1v) is 7.67. The minimum Gasteiger partial charge on any atom is -0.506 e. The number of hydrogen-bond acceptors (Lipinski definition) is 3. The van der Waals surface area contributed by atoms with Crippen LogP contribution in [0.5, 0.6) is 5.75 Å². The standard InChI is InChI=1S/C19H15ClO3/c1-2-23-19(22)17-11-15(12-6-4-3-5-7-12)16-10-13(20)8-9-14(16)18(17)21/h3-11,21H,2H2,1H3. The Kier molecular flexibility index (Phi) is 4.22. The third-order valence-corrected chi connectivity index (χ3v) is 3.89. The van der Waals surface area contributed by atoms with Gasteiger partial charge in [-0.15, -0.1) is 0 Å². The number of phenolic OH excluding ortho intramolecular Hbond substituents is 1. The van der Waals surface area contributed by atoms with E-state index in [0.717, 1.165) is 16.5 Å². The van der Waals surface area contributed by atoms with Crippen molar-refractivity contribution in [3.05, 3.63) is 65.2 Å². The maximum atomic E-state index is 12.2. The van der Waals surface area contributed by atoms with E-state index < -0.39 is 5.97 Å². The highest BCUT2D eigenvalue weighted by molar-refractivity contribution is 6.31. The molecule has 0 aromatic heterocycles. The Morgan fingerprint density at radius 1 is 1.09 bits per heavy atom. The van der Waals surface area contributed by atoms with E-state index in [-0.39, 0.29) is 17.9 Å². The van der Waals surface area contributed by atoms with Crippen LogP contribution >= 0.6 is 11.6 Å². The van der Waals surface area contributed by atoms with Gasteiger partial charge in [0.25, 0.3) is 0 Å². The van der Waals surface area contributed by atoms with Gasteiger partial charge in [0.05, 0.1) is 6.61 Å². The van der Waals surface area contributed by atoms with Crippen molar-refractivity contribution in [2.75, 3.05) is 6.61 Å². The largest absolute Gasteiger partial charge is 0.506 e. The molecule has 0 aliphatic carbocycles. The van der Waals surface area contributed by atoms with E-state index in [1.54, 1.807) is 31.2 Å². The lowest BCUT2D eigenvalue weighted by Crippen LogP contribution is -2.05. The van der Waals surface area contributed by atoms with Crippen LogP contribution in [0.3, 0.4) is 0 Å². The molecule has 3 nitrogen and oxygen atoms in total. The molecule has 0 radical (unpaired) electrons. The highest BCUT2D eigenvalue weighted by Crippen LogP contribution is 2.38. The fourth-order valence-electron chi connectivity index (χ4n) is 2.60. The number of esters is 1. The molecule has 0 fully saturated rings. The number of fused-ring (bicyclic) bond motifs is 1. The third-order valence-electron chi connectivity index (χ3n) is 3.65. The van der Waals surface area contributed by atoms with Gasteiger partial charge in [0.2, 0.25) is 0 Å². The number of phenols is 1. The summed E-state index contributed by atoms with van der Waals surface area (Å²) < 4.78 is 5.05. The zero-order valence-electron chi connectivity index (χ0n) is 12.5. The summed E-state index contributed by atoms with van der Waals surface area (Å²) in [6.07, 6.45) is 0. The Bertz CT molecular complexity index is 873. The Labute approximate surface area is 139 Å². The molecule has 0 atom stereocenters. The van der Waals surface area contributed by atoms with Crippen LogP contribution < -0.4 is 0 Å². The highest BCUT2D eigenvalue weighted by atomic mass is 35.5. The van der Waals surface area contributed by atoms with E-state index in [0.29, 0.717) is 10.4 Å². The van der Waals surface area contributed by atoms with Crippen molar-refractivity contribution < 1.29 is 14.6 Å². The Morgan fingerprint density at radius 2 is 1.83 bits per heavy atom. The molecule has 0 spiro atoms. The summed E-state index contributed by atoms with van der Waals surface area (Å²) in [7, 11) is 0. The molecule has 23 heavy (non-hydrogen) atoms.